The van der Waals surface area contributed by atoms with E-state index < -0.39 is 17.0 Å². The quantitative estimate of drug-likeness (QED) is 0.411. The summed E-state index contributed by atoms with van der Waals surface area (Å²) in [4.78, 5) is 20.0. The molecule has 0 aliphatic carbocycles. The van der Waals surface area contributed by atoms with Crippen LogP contribution in [0.5, 0.6) is 0 Å². The number of rotatable bonds is 2. The fourth-order valence-corrected chi connectivity index (χ4v) is 0.174. The first-order valence-corrected chi connectivity index (χ1v) is 2.48. The average molecular weight is 134 g/mol. The van der Waals surface area contributed by atoms with Gasteiger partial charge in [-0.3, -0.25) is 9.59 Å². The fourth-order valence-electron chi connectivity index (χ4n) is 0.174. The van der Waals surface area contributed by atoms with Gasteiger partial charge in [0.15, 0.2) is 11.0 Å². The van der Waals surface area contributed by atoms with Crippen molar-refractivity contribution < 1.29 is 14.7 Å². The highest BCUT2D eigenvalue weighted by atomic mass is 32.1. The lowest BCUT2D eigenvalue weighted by atomic mass is 10.3. The molecular weight excluding hydrogens is 128 g/mol. The number of ketones is 1. The number of thiol groups is 1. The number of carbonyl (C=O) groups excluding carboxylic acids is 1. The smallest absolute Gasteiger partial charge is 0.323 e. The Hall–Kier alpha value is -0.510. The van der Waals surface area contributed by atoms with E-state index in [4.69, 9.17) is 5.11 Å². The van der Waals surface area contributed by atoms with Crippen LogP contribution in [0.1, 0.15) is 6.92 Å². The Morgan fingerprint density at radius 3 is 2.00 bits per heavy atom. The summed E-state index contributed by atoms with van der Waals surface area (Å²) in [6, 6.07) is 0. The van der Waals surface area contributed by atoms with Crippen molar-refractivity contribution in [1.82, 2.24) is 0 Å². The van der Waals surface area contributed by atoms with Gasteiger partial charge in [-0.2, -0.15) is 12.6 Å². The molecule has 3 nitrogen and oxygen atoms in total. The molecule has 0 rings (SSSR count). The monoisotopic (exact) mass is 134 g/mol. The minimum atomic E-state index is -1.19. The first-order chi connectivity index (χ1) is 3.55. The molecule has 0 aromatic heterocycles. The van der Waals surface area contributed by atoms with Gasteiger partial charge in [0.2, 0.25) is 0 Å². The number of carboxylic acid groups (broad SMARTS) is 1. The molecule has 4 heteroatoms. The summed E-state index contributed by atoms with van der Waals surface area (Å²) in [5.41, 5.74) is 0. The minimum Gasteiger partial charge on any atom is -0.480 e. The maximum Gasteiger partial charge on any atom is 0.323 e. The van der Waals surface area contributed by atoms with E-state index in [9.17, 15) is 9.59 Å². The Kier molecular flexibility index (Phi) is 2.54. The molecule has 0 spiro atoms. The first-order valence-electron chi connectivity index (χ1n) is 1.97. The molecule has 1 N–H and O–H groups in total. The van der Waals surface area contributed by atoms with Crippen molar-refractivity contribution in [1.29, 1.82) is 0 Å². The zero-order chi connectivity index (χ0) is 6.73. The van der Waals surface area contributed by atoms with Crippen LogP contribution in [0.15, 0.2) is 0 Å². The molecule has 0 fully saturated rings. The Morgan fingerprint density at radius 1 is 1.62 bits per heavy atom. The number of hydrogen-bond donors (Lipinski definition) is 2. The topological polar surface area (TPSA) is 54.4 Å². The van der Waals surface area contributed by atoms with Crippen LogP contribution in [0.25, 0.3) is 0 Å². The highest BCUT2D eigenvalue weighted by Crippen LogP contribution is 1.94. The molecule has 0 aliphatic rings. The lowest BCUT2D eigenvalue weighted by Gasteiger charge is -1.95. The number of carboxylic acids is 1. The van der Waals surface area contributed by atoms with Gasteiger partial charge in [-0.25, -0.2) is 0 Å². The van der Waals surface area contributed by atoms with E-state index in [2.05, 4.69) is 12.6 Å². The second-order valence-electron chi connectivity index (χ2n) is 1.35. The minimum absolute atomic E-state index is 0.444. The van der Waals surface area contributed by atoms with Gasteiger partial charge in [-0.05, 0) is 6.92 Å². The zero-order valence-corrected chi connectivity index (χ0v) is 5.18. The Bertz CT molecular complexity index is 106. The molecule has 0 aromatic rings. The SMILES string of the molecule is CC(=O)C(S)C(=O)O. The summed E-state index contributed by atoms with van der Waals surface area (Å²) in [6.45, 7) is 1.19. The standard InChI is InChI=1S/C4H6O3S/c1-2(5)3(8)4(6)7/h3,8H,1H3,(H,6,7). The maximum atomic E-state index is 10.1. The largest absolute Gasteiger partial charge is 0.480 e. The fraction of sp³-hybridized carbons (Fsp3) is 0.500. The summed E-state index contributed by atoms with van der Waals surface area (Å²) in [7, 11) is 0. The van der Waals surface area contributed by atoms with E-state index in [1.807, 2.05) is 0 Å². The molecule has 0 heterocycles. The molecule has 0 aliphatic heterocycles. The lowest BCUT2D eigenvalue weighted by molar-refractivity contribution is -0.138. The second-order valence-corrected chi connectivity index (χ2v) is 1.87. The summed E-state index contributed by atoms with van der Waals surface area (Å²) in [5.74, 6) is -1.64. The van der Waals surface area contributed by atoms with Crippen LogP contribution < -0.4 is 0 Å². The van der Waals surface area contributed by atoms with Crippen LogP contribution in [-0.4, -0.2) is 22.1 Å². The predicted molar refractivity (Wildman–Crippen MR) is 31.1 cm³/mol. The molecule has 0 saturated heterocycles. The van der Waals surface area contributed by atoms with Gasteiger partial charge < -0.3 is 5.11 Å². The molecule has 0 radical (unpaired) electrons. The summed E-state index contributed by atoms with van der Waals surface area (Å²) < 4.78 is 0. The van der Waals surface area contributed by atoms with E-state index in [0.29, 0.717) is 0 Å². The van der Waals surface area contributed by atoms with E-state index in [1.54, 1.807) is 0 Å². The van der Waals surface area contributed by atoms with Gasteiger partial charge in [-0.15, -0.1) is 0 Å². The summed E-state index contributed by atoms with van der Waals surface area (Å²) in [5, 5.41) is 6.90. The molecule has 8 heavy (non-hydrogen) atoms. The van der Waals surface area contributed by atoms with Crippen LogP contribution >= 0.6 is 12.6 Å². The summed E-state index contributed by atoms with van der Waals surface area (Å²) in [6.07, 6.45) is 0. The molecular formula is C4H6O3S. The Labute approximate surface area is 52.1 Å². The average Bonchev–Trinajstić information content (AvgIpc) is 1.64. The van der Waals surface area contributed by atoms with Gasteiger partial charge in [0.25, 0.3) is 0 Å². The van der Waals surface area contributed by atoms with Crippen molar-refractivity contribution in [3.05, 3.63) is 0 Å². The molecule has 0 bridgehead atoms. The van der Waals surface area contributed by atoms with Crippen LogP contribution in [-0.2, 0) is 9.59 Å². The molecule has 1 unspecified atom stereocenters. The molecule has 46 valence electrons. The number of carbonyl (C=O) groups is 2. The van der Waals surface area contributed by atoms with Crippen molar-refractivity contribution in [2.24, 2.45) is 0 Å². The Morgan fingerprint density at radius 2 is 2.00 bits per heavy atom. The van der Waals surface area contributed by atoms with Crippen LogP contribution in [0.3, 0.4) is 0 Å². The Balaban J connectivity index is 3.83. The van der Waals surface area contributed by atoms with E-state index in [0.717, 1.165) is 0 Å². The van der Waals surface area contributed by atoms with Crippen molar-refractivity contribution in [2.75, 3.05) is 0 Å². The number of Topliss-reactive ketones (excluding diaryl/α,β-unsaturated/α-hetero) is 1. The first kappa shape index (κ1) is 7.49. The third-order valence-electron chi connectivity index (χ3n) is 0.619. The van der Waals surface area contributed by atoms with Gasteiger partial charge in [-0.1, -0.05) is 0 Å². The molecule has 0 saturated carbocycles. The maximum absolute atomic E-state index is 10.1. The van der Waals surface area contributed by atoms with E-state index in [1.165, 1.54) is 6.92 Å². The summed E-state index contributed by atoms with van der Waals surface area (Å²) >= 11 is 3.47. The van der Waals surface area contributed by atoms with Gasteiger partial charge in [0.05, 0.1) is 0 Å². The van der Waals surface area contributed by atoms with Crippen molar-refractivity contribution in [3.63, 3.8) is 0 Å². The normalized spacial score (nSPS) is 12.8. The second kappa shape index (κ2) is 2.71. The number of hydrogen-bond acceptors (Lipinski definition) is 3. The predicted octanol–water partition coefficient (Wildman–Crippen LogP) is -0.0416. The molecule has 0 aromatic carbocycles. The third-order valence-corrected chi connectivity index (χ3v) is 1.20. The van der Waals surface area contributed by atoms with Crippen LogP contribution in [0.2, 0.25) is 0 Å². The highest BCUT2D eigenvalue weighted by Gasteiger charge is 2.15. The van der Waals surface area contributed by atoms with Gasteiger partial charge in [0.1, 0.15) is 0 Å². The highest BCUT2D eigenvalue weighted by molar-refractivity contribution is 7.82. The lowest BCUT2D eigenvalue weighted by Crippen LogP contribution is -2.21. The molecule has 1 atom stereocenters. The van der Waals surface area contributed by atoms with Crippen molar-refractivity contribution in [3.8, 4) is 0 Å². The zero-order valence-electron chi connectivity index (χ0n) is 4.29. The third kappa shape index (κ3) is 1.97. The van der Waals surface area contributed by atoms with E-state index >= 15 is 0 Å². The van der Waals surface area contributed by atoms with Gasteiger partial charge in [0, 0.05) is 0 Å². The van der Waals surface area contributed by atoms with Crippen molar-refractivity contribution in [2.45, 2.75) is 12.2 Å². The van der Waals surface area contributed by atoms with Crippen LogP contribution in [0.4, 0.5) is 0 Å². The number of aliphatic carboxylic acids is 1. The van der Waals surface area contributed by atoms with Crippen LogP contribution in [0, 0.1) is 0 Å². The van der Waals surface area contributed by atoms with E-state index in [-0.39, 0.29) is 0 Å². The van der Waals surface area contributed by atoms with Crippen molar-refractivity contribution >= 4 is 24.4 Å². The van der Waals surface area contributed by atoms with Gasteiger partial charge >= 0.3 is 5.97 Å². The molecule has 0 amide bonds.